The van der Waals surface area contributed by atoms with Crippen LogP contribution in [-0.2, 0) is 6.42 Å². The molecule has 2 heterocycles. The van der Waals surface area contributed by atoms with Crippen LogP contribution in [0.3, 0.4) is 0 Å². The molecule has 5 aromatic rings. The van der Waals surface area contributed by atoms with E-state index in [0.717, 1.165) is 23.3 Å². The van der Waals surface area contributed by atoms with Crippen molar-refractivity contribution in [3.63, 3.8) is 0 Å². The quantitative estimate of drug-likeness (QED) is 0.178. The molecular formula is C47H47NS. The molecule has 0 aromatic heterocycles. The highest BCUT2D eigenvalue weighted by Crippen LogP contribution is 2.56. The Morgan fingerprint density at radius 2 is 1.59 bits per heavy atom. The summed E-state index contributed by atoms with van der Waals surface area (Å²) in [5, 5.41) is 9.92. The van der Waals surface area contributed by atoms with Gasteiger partial charge in [0.2, 0.25) is 0 Å². The largest absolute Gasteiger partial charge is 0.366 e. The Hall–Kier alpha value is -3.75. The van der Waals surface area contributed by atoms with E-state index in [4.69, 9.17) is 0 Å². The highest BCUT2D eigenvalue weighted by molar-refractivity contribution is 8.00. The van der Waals surface area contributed by atoms with E-state index in [1.54, 1.807) is 11.3 Å². The number of thioether (sulfide) groups is 1. The van der Waals surface area contributed by atoms with Crippen LogP contribution in [0.25, 0.3) is 49.5 Å². The van der Waals surface area contributed by atoms with Crippen LogP contribution in [0, 0.1) is 11.8 Å². The summed E-state index contributed by atoms with van der Waals surface area (Å²) in [5.74, 6) is 1.79. The molecular weight excluding hydrogens is 611 g/mol. The van der Waals surface area contributed by atoms with Crippen molar-refractivity contribution in [2.24, 2.45) is 11.8 Å². The number of nitrogens with zero attached hydrogens (tertiary/aromatic N) is 1. The van der Waals surface area contributed by atoms with E-state index in [0.29, 0.717) is 29.8 Å². The normalized spacial score (nSPS) is 29.1. The highest BCUT2D eigenvalue weighted by atomic mass is 32.2. The first-order valence-corrected chi connectivity index (χ1v) is 20.0. The summed E-state index contributed by atoms with van der Waals surface area (Å²) in [6.07, 6.45) is 17.4. The Morgan fingerprint density at radius 1 is 0.816 bits per heavy atom. The van der Waals surface area contributed by atoms with Gasteiger partial charge < -0.3 is 4.90 Å². The van der Waals surface area contributed by atoms with Gasteiger partial charge in [-0.25, -0.2) is 0 Å². The molecule has 5 aromatic carbocycles. The molecule has 7 atom stereocenters. The summed E-state index contributed by atoms with van der Waals surface area (Å²) < 4.78 is 0. The molecule has 7 unspecified atom stereocenters. The van der Waals surface area contributed by atoms with E-state index in [-0.39, 0.29) is 0 Å². The van der Waals surface area contributed by atoms with Crippen molar-refractivity contribution in [2.75, 3.05) is 0 Å². The lowest BCUT2D eigenvalue weighted by Crippen LogP contribution is -2.62. The predicted molar refractivity (Wildman–Crippen MR) is 212 cm³/mol. The van der Waals surface area contributed by atoms with Gasteiger partial charge in [0.05, 0.1) is 0 Å². The molecule has 0 amide bonds. The molecule has 3 aliphatic carbocycles. The lowest BCUT2D eigenvalue weighted by molar-refractivity contribution is 0.0726. The van der Waals surface area contributed by atoms with Crippen LogP contribution in [0.15, 0.2) is 109 Å². The van der Waals surface area contributed by atoms with Gasteiger partial charge in [0.15, 0.2) is 0 Å². The molecule has 49 heavy (non-hydrogen) atoms. The lowest BCUT2D eigenvalue weighted by Gasteiger charge is -2.60. The number of fused-ring (bicyclic) bond motifs is 7. The van der Waals surface area contributed by atoms with Gasteiger partial charge in [0.25, 0.3) is 0 Å². The maximum Gasteiger partial charge on any atom is 0.0477 e. The Morgan fingerprint density at radius 3 is 2.37 bits per heavy atom. The summed E-state index contributed by atoms with van der Waals surface area (Å²) >= 11 is 2.37. The van der Waals surface area contributed by atoms with Crippen molar-refractivity contribution in [3.8, 4) is 11.1 Å². The van der Waals surface area contributed by atoms with Gasteiger partial charge in [-0.05, 0) is 135 Å². The number of hydrogen-bond acceptors (Lipinski definition) is 2. The first-order valence-electron chi connectivity index (χ1n) is 19.1. The SMILES string of the molecule is C=C1C=C(CC)N2C3CC(c4c5ccccc5c(-c5ccc6c7c(ccc6c5)CC(C)C=C7)c5ccccc45)CCC3SC3CCCC1C32. The third-order valence-corrected chi connectivity index (χ3v) is 14.8. The average molecular weight is 658 g/mol. The van der Waals surface area contributed by atoms with Gasteiger partial charge in [-0.3, -0.25) is 0 Å². The molecule has 0 spiro atoms. The van der Waals surface area contributed by atoms with Crippen molar-refractivity contribution in [3.05, 3.63) is 126 Å². The Balaban J connectivity index is 1.10. The Kier molecular flexibility index (Phi) is 7.16. The minimum Gasteiger partial charge on any atom is -0.366 e. The van der Waals surface area contributed by atoms with Crippen molar-refractivity contribution >= 4 is 50.2 Å². The maximum absolute atomic E-state index is 4.62. The fourth-order valence-corrected chi connectivity index (χ4v) is 12.9. The first-order chi connectivity index (χ1) is 24.1. The molecule has 0 N–H and O–H groups in total. The number of allylic oxidation sites excluding steroid dienone is 3. The van der Waals surface area contributed by atoms with Gasteiger partial charge in [0.1, 0.15) is 0 Å². The van der Waals surface area contributed by atoms with Gasteiger partial charge in [-0.2, -0.15) is 11.8 Å². The number of benzene rings is 5. The molecule has 0 radical (unpaired) electrons. The summed E-state index contributed by atoms with van der Waals surface area (Å²) in [6.45, 7) is 9.30. The van der Waals surface area contributed by atoms with E-state index in [1.807, 2.05) is 0 Å². The second-order valence-corrected chi connectivity index (χ2v) is 17.3. The van der Waals surface area contributed by atoms with Crippen molar-refractivity contribution < 1.29 is 0 Å². The third kappa shape index (κ3) is 4.66. The van der Waals surface area contributed by atoms with E-state index < -0.39 is 0 Å². The zero-order chi connectivity index (χ0) is 32.8. The minimum absolute atomic E-state index is 0.546. The summed E-state index contributed by atoms with van der Waals surface area (Å²) in [4.78, 5) is 2.99. The summed E-state index contributed by atoms with van der Waals surface area (Å²) in [6, 6.07) is 31.9. The predicted octanol–water partition coefficient (Wildman–Crippen LogP) is 12.5. The fraction of sp³-hybridized carbons (Fsp3) is 0.362. The van der Waals surface area contributed by atoms with E-state index in [1.165, 1.54) is 98.7 Å². The second-order valence-electron chi connectivity index (χ2n) is 15.8. The van der Waals surface area contributed by atoms with Gasteiger partial charge in [0, 0.05) is 34.2 Å². The van der Waals surface area contributed by atoms with Gasteiger partial charge in [-0.15, -0.1) is 0 Å². The Bertz CT molecular complexity index is 2160. The Labute approximate surface area is 296 Å². The van der Waals surface area contributed by atoms with Crippen molar-refractivity contribution in [1.82, 2.24) is 4.90 Å². The number of rotatable bonds is 3. The van der Waals surface area contributed by atoms with E-state index in [2.05, 4.69) is 134 Å². The van der Waals surface area contributed by atoms with E-state index in [9.17, 15) is 0 Å². The van der Waals surface area contributed by atoms with Gasteiger partial charge >= 0.3 is 0 Å². The van der Waals surface area contributed by atoms with E-state index >= 15 is 0 Å². The van der Waals surface area contributed by atoms with Crippen LogP contribution in [0.2, 0.25) is 0 Å². The molecule has 1 nitrogen and oxygen atoms in total. The highest BCUT2D eigenvalue weighted by Gasteiger charge is 2.52. The smallest absolute Gasteiger partial charge is 0.0477 e. The molecule has 2 saturated carbocycles. The van der Waals surface area contributed by atoms with Gasteiger partial charge in [-0.1, -0.05) is 112 Å². The topological polar surface area (TPSA) is 3.24 Å². The molecule has 3 fully saturated rings. The standard InChI is InChI=1S/C47H47NS/c1-4-34-25-29(3)35-14-9-15-44-47(35)48(34)42-27-33(20-23-43(42)49-44)46-40-12-7-5-10-38(40)45(39-11-6-8-13-41(39)46)32-19-22-37-31(26-32)18-17-30-24-28(2)16-21-36(30)37/h5-8,10-13,16-19,21-22,25-26,28,33,35,42-44,47H,3-4,9,14-15,20,23-24,27H2,1-2H3. The monoisotopic (exact) mass is 657 g/mol. The second kappa shape index (κ2) is 11.7. The van der Waals surface area contributed by atoms with Crippen LogP contribution in [0.1, 0.15) is 81.4 Å². The van der Waals surface area contributed by atoms with Crippen LogP contribution >= 0.6 is 11.8 Å². The maximum atomic E-state index is 4.62. The first kappa shape index (κ1) is 30.1. The summed E-state index contributed by atoms with van der Waals surface area (Å²) in [7, 11) is 0. The van der Waals surface area contributed by atoms with Crippen molar-refractivity contribution in [2.45, 2.75) is 93.7 Å². The lowest BCUT2D eigenvalue weighted by atomic mass is 9.71. The number of hydrogen-bond donors (Lipinski definition) is 0. The average Bonchev–Trinajstić information content (AvgIpc) is 3.14. The third-order valence-electron chi connectivity index (χ3n) is 13.1. The minimum atomic E-state index is 0.546. The zero-order valence-corrected chi connectivity index (χ0v) is 29.8. The molecule has 2 heteroatoms. The van der Waals surface area contributed by atoms with Crippen LogP contribution < -0.4 is 0 Å². The molecule has 0 bridgehead atoms. The molecule has 5 aliphatic rings. The summed E-state index contributed by atoms with van der Waals surface area (Å²) in [5.41, 5.74) is 10.2. The van der Waals surface area contributed by atoms with Crippen LogP contribution in [-0.4, -0.2) is 27.5 Å². The van der Waals surface area contributed by atoms with Crippen LogP contribution in [0.5, 0.6) is 0 Å². The van der Waals surface area contributed by atoms with Crippen molar-refractivity contribution in [1.29, 1.82) is 0 Å². The molecule has 2 aliphatic heterocycles. The zero-order valence-electron chi connectivity index (χ0n) is 29.0. The molecule has 1 saturated heterocycles. The van der Waals surface area contributed by atoms with Crippen LogP contribution in [0.4, 0.5) is 0 Å². The molecule has 10 rings (SSSR count). The fourth-order valence-electron chi connectivity index (χ4n) is 10.9. The molecule has 246 valence electrons.